The molecule has 0 saturated carbocycles. The first kappa shape index (κ1) is 40.4. The fourth-order valence-electron chi connectivity index (χ4n) is 5.16. The highest BCUT2D eigenvalue weighted by molar-refractivity contribution is 5.89. The molecule has 10 N–H and O–H groups in total. The molecule has 20 nitrogen and oxygen atoms in total. The topological polar surface area (TPSA) is 314 Å². The van der Waals surface area contributed by atoms with Gasteiger partial charge in [0.25, 0.3) is 5.69 Å². The molecule has 1 saturated heterocycles. The molecule has 1 heterocycles. The van der Waals surface area contributed by atoms with Crippen LogP contribution in [-0.4, -0.2) is 102 Å². The second kappa shape index (κ2) is 19.4. The molecule has 1 aliphatic rings. The highest BCUT2D eigenvalue weighted by Gasteiger charge is 2.38. The number of nitrogens with two attached hydrogens (primary N) is 4. The first-order chi connectivity index (χ1) is 24.7. The normalized spacial score (nSPS) is 16.5. The smallest absolute Gasteiger partial charge is 0.306 e. The van der Waals surface area contributed by atoms with Crippen LogP contribution >= 0.6 is 0 Å². The number of nitrogens with one attached hydrogen (secondary N) is 2. The van der Waals surface area contributed by atoms with E-state index in [1.807, 2.05) is 24.0 Å². The van der Waals surface area contributed by atoms with Crippen LogP contribution < -0.4 is 38.5 Å². The molecule has 0 radical (unpaired) electrons. The number of nitrogens with zero attached hydrogens (tertiary/aromatic N) is 5. The van der Waals surface area contributed by atoms with Gasteiger partial charge in [0, 0.05) is 43.9 Å². The fourth-order valence-corrected chi connectivity index (χ4v) is 5.16. The van der Waals surface area contributed by atoms with Gasteiger partial charge < -0.3 is 48.1 Å². The van der Waals surface area contributed by atoms with Crippen molar-refractivity contribution in [1.82, 2.24) is 15.5 Å². The summed E-state index contributed by atoms with van der Waals surface area (Å²) in [7, 11) is 0. The minimum Gasteiger partial charge on any atom is -0.464 e. The Morgan fingerprint density at radius 3 is 1.79 bits per heavy atom. The number of ether oxygens (including phenoxy) is 1. The number of hydrogen-bond donors (Lipinski definition) is 6. The van der Waals surface area contributed by atoms with Crippen molar-refractivity contribution in [2.24, 2.45) is 33.2 Å². The standard InChI is InChI=1S/C32H43N11O9/c1-2-41(21-7-3-19(4-8-21)39-40-20-5-9-22(10-6-20)43(50)51)13-14-52-30(47)12-11-29(46)42-17-25(37-31(48)23(33)15-27(35)44)26(18-42)38-32(49)24(34)16-28(36)45/h3-10,23-26H,2,11-18,33-34H2,1H3,(H2,35,44)(H2,36,45)(H,37,48)(H,38,49)/t23-,24-,25-,26-/m1/s1. The van der Waals surface area contributed by atoms with Gasteiger partial charge in [0.2, 0.25) is 29.5 Å². The predicted octanol–water partition coefficient (Wildman–Crippen LogP) is -0.623. The van der Waals surface area contributed by atoms with Crippen LogP contribution in [0.2, 0.25) is 0 Å². The van der Waals surface area contributed by atoms with Gasteiger partial charge in [-0.25, -0.2) is 0 Å². The van der Waals surface area contributed by atoms with Gasteiger partial charge in [-0.05, 0) is 43.3 Å². The van der Waals surface area contributed by atoms with Gasteiger partial charge in [0.15, 0.2) is 0 Å². The van der Waals surface area contributed by atoms with Crippen molar-refractivity contribution in [1.29, 1.82) is 0 Å². The first-order valence-electron chi connectivity index (χ1n) is 16.3. The lowest BCUT2D eigenvalue weighted by Gasteiger charge is -2.23. The molecular weight excluding hydrogens is 682 g/mol. The summed E-state index contributed by atoms with van der Waals surface area (Å²) in [5.74, 6) is -4.10. The van der Waals surface area contributed by atoms with E-state index in [0.717, 1.165) is 5.69 Å². The zero-order valence-electron chi connectivity index (χ0n) is 28.5. The van der Waals surface area contributed by atoms with Crippen LogP contribution in [0, 0.1) is 10.1 Å². The third-order valence-corrected chi connectivity index (χ3v) is 7.95. The van der Waals surface area contributed by atoms with Gasteiger partial charge in [0.05, 0.1) is 66.3 Å². The van der Waals surface area contributed by atoms with E-state index in [1.54, 1.807) is 12.1 Å². The maximum atomic E-state index is 13.1. The van der Waals surface area contributed by atoms with Crippen molar-refractivity contribution in [2.45, 2.75) is 56.8 Å². The largest absolute Gasteiger partial charge is 0.464 e. The molecule has 3 rings (SSSR count). The van der Waals surface area contributed by atoms with Crippen molar-refractivity contribution in [2.75, 3.05) is 37.7 Å². The number of hydrogen-bond acceptors (Lipinski definition) is 14. The van der Waals surface area contributed by atoms with Crippen LogP contribution in [0.4, 0.5) is 22.7 Å². The Bertz CT molecular complexity index is 1590. The monoisotopic (exact) mass is 725 g/mol. The van der Waals surface area contributed by atoms with Gasteiger partial charge in [0.1, 0.15) is 6.61 Å². The Balaban J connectivity index is 1.49. The Hall–Kier alpha value is -6.02. The van der Waals surface area contributed by atoms with Gasteiger partial charge in [-0.1, -0.05) is 0 Å². The van der Waals surface area contributed by atoms with Crippen LogP contribution in [0.5, 0.6) is 0 Å². The lowest BCUT2D eigenvalue weighted by Crippen LogP contribution is -2.57. The van der Waals surface area contributed by atoms with Crippen LogP contribution in [0.1, 0.15) is 32.6 Å². The summed E-state index contributed by atoms with van der Waals surface area (Å²) in [6.07, 6.45) is -1.29. The van der Waals surface area contributed by atoms with Crippen molar-refractivity contribution < 1.29 is 38.4 Å². The minimum atomic E-state index is -1.26. The molecule has 0 unspecified atom stereocenters. The minimum absolute atomic E-state index is 0.0441. The summed E-state index contributed by atoms with van der Waals surface area (Å²) >= 11 is 0. The number of carbonyl (C=O) groups is 6. The molecule has 0 aliphatic carbocycles. The second-order valence-electron chi connectivity index (χ2n) is 11.9. The van der Waals surface area contributed by atoms with E-state index in [4.69, 9.17) is 27.7 Å². The zero-order valence-corrected chi connectivity index (χ0v) is 28.5. The molecule has 2 aromatic carbocycles. The van der Waals surface area contributed by atoms with E-state index in [2.05, 4.69) is 20.9 Å². The Morgan fingerprint density at radius 1 is 0.865 bits per heavy atom. The second-order valence-corrected chi connectivity index (χ2v) is 11.9. The summed E-state index contributed by atoms with van der Waals surface area (Å²) in [5.41, 5.74) is 23.5. The van der Waals surface area contributed by atoms with Crippen molar-refractivity contribution >= 4 is 58.3 Å². The number of amides is 5. The molecule has 1 aliphatic heterocycles. The first-order valence-corrected chi connectivity index (χ1v) is 16.3. The van der Waals surface area contributed by atoms with E-state index in [0.29, 0.717) is 24.5 Å². The lowest BCUT2D eigenvalue weighted by molar-refractivity contribution is -0.384. The molecule has 5 amide bonds. The van der Waals surface area contributed by atoms with Crippen LogP contribution in [0.3, 0.4) is 0 Å². The van der Waals surface area contributed by atoms with Gasteiger partial charge in [-0.3, -0.25) is 38.9 Å². The average molecular weight is 726 g/mol. The van der Waals surface area contributed by atoms with Crippen molar-refractivity contribution in [3.63, 3.8) is 0 Å². The number of non-ortho nitro benzene ring substituents is 1. The number of nitro benzene ring substituents is 1. The number of nitro groups is 1. The zero-order chi connectivity index (χ0) is 38.4. The van der Waals surface area contributed by atoms with Crippen molar-refractivity contribution in [3.05, 3.63) is 58.6 Å². The fraction of sp³-hybridized carbons (Fsp3) is 0.438. The van der Waals surface area contributed by atoms with Gasteiger partial charge in [-0.15, -0.1) is 0 Å². The predicted molar refractivity (Wildman–Crippen MR) is 186 cm³/mol. The summed E-state index contributed by atoms with van der Waals surface area (Å²) in [4.78, 5) is 86.7. The van der Waals surface area contributed by atoms with E-state index in [-0.39, 0.29) is 38.2 Å². The van der Waals surface area contributed by atoms with Crippen molar-refractivity contribution in [3.8, 4) is 0 Å². The number of esters is 1. The maximum Gasteiger partial charge on any atom is 0.306 e. The molecular formula is C32H43N11O9. The number of rotatable bonds is 19. The van der Waals surface area contributed by atoms with Crippen LogP contribution in [0.15, 0.2) is 58.8 Å². The number of primary amides is 2. The Kier molecular flexibility index (Phi) is 15.1. The number of likely N-dealkylation sites (tertiary alicyclic amines) is 1. The Labute approximate surface area is 298 Å². The highest BCUT2D eigenvalue weighted by Crippen LogP contribution is 2.24. The quantitative estimate of drug-likeness (QED) is 0.0457. The lowest BCUT2D eigenvalue weighted by atomic mass is 10.1. The van der Waals surface area contributed by atoms with E-state index >= 15 is 0 Å². The molecule has 0 bridgehead atoms. The van der Waals surface area contributed by atoms with E-state index in [1.165, 1.54) is 29.2 Å². The van der Waals surface area contributed by atoms with E-state index in [9.17, 15) is 38.9 Å². The van der Waals surface area contributed by atoms with Crippen LogP contribution in [-0.2, 0) is 33.5 Å². The Morgan fingerprint density at radius 2 is 1.35 bits per heavy atom. The molecule has 2 aromatic rings. The number of likely N-dealkylation sites (N-methyl/N-ethyl adjacent to an activating group) is 1. The molecule has 280 valence electrons. The van der Waals surface area contributed by atoms with Crippen LogP contribution in [0.25, 0.3) is 0 Å². The molecule has 0 spiro atoms. The summed E-state index contributed by atoms with van der Waals surface area (Å²) in [6.45, 7) is 2.84. The van der Waals surface area contributed by atoms with Gasteiger partial charge in [-0.2, -0.15) is 10.2 Å². The summed E-state index contributed by atoms with van der Waals surface area (Å²) in [5, 5.41) is 24.3. The number of carbonyl (C=O) groups excluding carboxylic acids is 6. The highest BCUT2D eigenvalue weighted by atomic mass is 16.6. The SMILES string of the molecule is CCN(CCOC(=O)CCC(=O)N1C[C@@H](NC(=O)[C@H](N)CC(N)=O)[C@H](NC(=O)[C@H](N)CC(N)=O)C1)c1ccc(N=Nc2ccc([N+](=O)[O-])cc2)cc1. The third-order valence-electron chi connectivity index (χ3n) is 7.95. The number of azo groups is 1. The third kappa shape index (κ3) is 12.7. The average Bonchev–Trinajstić information content (AvgIpc) is 3.49. The van der Waals surface area contributed by atoms with E-state index < -0.39 is 77.4 Å². The maximum absolute atomic E-state index is 13.1. The molecule has 0 aromatic heterocycles. The molecule has 1 fully saturated rings. The summed E-state index contributed by atoms with van der Waals surface area (Å²) < 4.78 is 5.36. The summed E-state index contributed by atoms with van der Waals surface area (Å²) in [6, 6.07) is 8.63. The molecule has 52 heavy (non-hydrogen) atoms. The molecule has 20 heteroatoms. The number of anilines is 1. The molecule has 4 atom stereocenters. The number of benzene rings is 2. The van der Waals surface area contributed by atoms with Gasteiger partial charge >= 0.3 is 5.97 Å².